The Hall–Kier alpha value is -0.0800. The summed E-state index contributed by atoms with van der Waals surface area (Å²) in [5.74, 6) is 1.49. The molecule has 0 bridgehead atoms. The molecule has 0 aromatic carbocycles. The highest BCUT2D eigenvalue weighted by atomic mass is 16.5. The first-order chi connectivity index (χ1) is 7.11. The lowest BCUT2D eigenvalue weighted by Gasteiger charge is -2.22. The number of hydrogen-bond donors (Lipinski definition) is 1. The SMILES string of the molecule is CCC(C)C(COCCCC(C)C)NC. The Bertz CT molecular complexity index is 136. The molecular formula is C13H29NO. The number of ether oxygens (including phenoxy) is 1. The second-order valence-electron chi connectivity index (χ2n) is 4.89. The van der Waals surface area contributed by atoms with Gasteiger partial charge in [-0.3, -0.25) is 0 Å². The molecule has 2 nitrogen and oxygen atoms in total. The zero-order valence-corrected chi connectivity index (χ0v) is 11.2. The topological polar surface area (TPSA) is 21.3 Å². The molecule has 0 amide bonds. The highest BCUT2D eigenvalue weighted by Gasteiger charge is 2.13. The molecule has 1 N–H and O–H groups in total. The molecule has 0 saturated carbocycles. The molecule has 0 saturated heterocycles. The third-order valence-corrected chi connectivity index (χ3v) is 3.07. The van der Waals surface area contributed by atoms with Crippen molar-refractivity contribution in [1.29, 1.82) is 0 Å². The lowest BCUT2D eigenvalue weighted by Crippen LogP contribution is -2.36. The van der Waals surface area contributed by atoms with Crippen LogP contribution in [0.1, 0.15) is 47.0 Å². The number of likely N-dealkylation sites (N-methyl/N-ethyl adjacent to an activating group) is 1. The summed E-state index contributed by atoms with van der Waals surface area (Å²) in [5, 5.41) is 3.33. The molecule has 0 fully saturated rings. The Morgan fingerprint density at radius 3 is 2.33 bits per heavy atom. The predicted molar refractivity (Wildman–Crippen MR) is 67.2 cm³/mol. The molecule has 15 heavy (non-hydrogen) atoms. The van der Waals surface area contributed by atoms with Crippen molar-refractivity contribution in [1.82, 2.24) is 5.32 Å². The maximum absolute atomic E-state index is 5.70. The van der Waals surface area contributed by atoms with Crippen LogP contribution in [0.5, 0.6) is 0 Å². The van der Waals surface area contributed by atoms with Crippen molar-refractivity contribution in [3.63, 3.8) is 0 Å². The maximum atomic E-state index is 5.70. The van der Waals surface area contributed by atoms with E-state index in [-0.39, 0.29) is 0 Å². The summed E-state index contributed by atoms with van der Waals surface area (Å²) in [6.07, 6.45) is 3.67. The van der Waals surface area contributed by atoms with E-state index in [1.165, 1.54) is 19.3 Å². The van der Waals surface area contributed by atoms with E-state index in [9.17, 15) is 0 Å². The van der Waals surface area contributed by atoms with Crippen molar-refractivity contribution in [2.75, 3.05) is 20.3 Å². The predicted octanol–water partition coefficient (Wildman–Crippen LogP) is 3.07. The van der Waals surface area contributed by atoms with Gasteiger partial charge in [0.1, 0.15) is 0 Å². The Kier molecular flexibility index (Phi) is 9.12. The van der Waals surface area contributed by atoms with E-state index in [0.29, 0.717) is 12.0 Å². The number of nitrogens with one attached hydrogen (secondary N) is 1. The highest BCUT2D eigenvalue weighted by molar-refractivity contribution is 4.69. The van der Waals surface area contributed by atoms with Crippen LogP contribution in [0.3, 0.4) is 0 Å². The van der Waals surface area contributed by atoms with E-state index < -0.39 is 0 Å². The van der Waals surface area contributed by atoms with Gasteiger partial charge in [0, 0.05) is 12.6 Å². The highest BCUT2D eigenvalue weighted by Crippen LogP contribution is 2.08. The molecule has 0 rings (SSSR count). The summed E-state index contributed by atoms with van der Waals surface area (Å²) in [4.78, 5) is 0. The normalized spacial score (nSPS) is 15.6. The first-order valence-corrected chi connectivity index (χ1v) is 6.36. The number of hydrogen-bond acceptors (Lipinski definition) is 2. The Morgan fingerprint density at radius 2 is 1.87 bits per heavy atom. The second-order valence-corrected chi connectivity index (χ2v) is 4.89. The van der Waals surface area contributed by atoms with Crippen molar-refractivity contribution < 1.29 is 4.74 Å². The van der Waals surface area contributed by atoms with Gasteiger partial charge >= 0.3 is 0 Å². The molecule has 2 heteroatoms. The van der Waals surface area contributed by atoms with Gasteiger partial charge in [0.2, 0.25) is 0 Å². The summed E-state index contributed by atoms with van der Waals surface area (Å²) in [5.41, 5.74) is 0. The van der Waals surface area contributed by atoms with Crippen molar-refractivity contribution >= 4 is 0 Å². The Balaban J connectivity index is 3.46. The van der Waals surface area contributed by atoms with E-state index in [0.717, 1.165) is 19.1 Å². The zero-order valence-electron chi connectivity index (χ0n) is 11.2. The van der Waals surface area contributed by atoms with Crippen LogP contribution in [-0.2, 0) is 4.74 Å². The summed E-state index contributed by atoms with van der Waals surface area (Å²) < 4.78 is 5.70. The molecule has 2 unspecified atom stereocenters. The molecule has 0 radical (unpaired) electrons. The van der Waals surface area contributed by atoms with Crippen LogP contribution < -0.4 is 5.32 Å². The van der Waals surface area contributed by atoms with Crippen LogP contribution in [0.25, 0.3) is 0 Å². The molecule has 0 heterocycles. The van der Waals surface area contributed by atoms with Gasteiger partial charge in [-0.1, -0.05) is 34.1 Å². The van der Waals surface area contributed by atoms with Crippen LogP contribution in [0, 0.1) is 11.8 Å². The zero-order chi connectivity index (χ0) is 11.7. The molecule has 0 aliphatic heterocycles. The average Bonchev–Trinajstić information content (AvgIpc) is 2.22. The van der Waals surface area contributed by atoms with Gasteiger partial charge in [-0.05, 0) is 31.7 Å². The third-order valence-electron chi connectivity index (χ3n) is 3.07. The quantitative estimate of drug-likeness (QED) is 0.597. The standard InChI is InChI=1S/C13H29NO/c1-6-12(4)13(14-5)10-15-9-7-8-11(2)3/h11-14H,6-10H2,1-5H3. The van der Waals surface area contributed by atoms with Crippen molar-refractivity contribution in [2.45, 2.75) is 53.0 Å². The van der Waals surface area contributed by atoms with E-state index >= 15 is 0 Å². The van der Waals surface area contributed by atoms with Gasteiger partial charge in [-0.25, -0.2) is 0 Å². The molecular weight excluding hydrogens is 186 g/mol. The minimum Gasteiger partial charge on any atom is -0.380 e. The molecule has 0 spiro atoms. The molecule has 0 aliphatic rings. The van der Waals surface area contributed by atoms with Crippen LogP contribution in [-0.4, -0.2) is 26.3 Å². The molecule has 0 aliphatic carbocycles. The average molecular weight is 215 g/mol. The van der Waals surface area contributed by atoms with Gasteiger partial charge in [0.25, 0.3) is 0 Å². The summed E-state index contributed by atoms with van der Waals surface area (Å²) >= 11 is 0. The maximum Gasteiger partial charge on any atom is 0.0622 e. The van der Waals surface area contributed by atoms with E-state index in [1.54, 1.807) is 0 Å². The van der Waals surface area contributed by atoms with Crippen molar-refractivity contribution in [3.8, 4) is 0 Å². The lowest BCUT2D eigenvalue weighted by molar-refractivity contribution is 0.0928. The minimum atomic E-state index is 0.508. The van der Waals surface area contributed by atoms with Crippen molar-refractivity contribution in [2.24, 2.45) is 11.8 Å². The van der Waals surface area contributed by atoms with E-state index in [1.807, 2.05) is 7.05 Å². The second kappa shape index (κ2) is 9.17. The van der Waals surface area contributed by atoms with Crippen LogP contribution >= 0.6 is 0 Å². The fourth-order valence-corrected chi connectivity index (χ4v) is 1.62. The van der Waals surface area contributed by atoms with Gasteiger partial charge in [0.15, 0.2) is 0 Å². The van der Waals surface area contributed by atoms with E-state index in [2.05, 4.69) is 33.0 Å². The van der Waals surface area contributed by atoms with Gasteiger partial charge in [-0.2, -0.15) is 0 Å². The first kappa shape index (κ1) is 14.9. The van der Waals surface area contributed by atoms with Crippen LogP contribution in [0.4, 0.5) is 0 Å². The van der Waals surface area contributed by atoms with Gasteiger partial charge in [-0.15, -0.1) is 0 Å². The fourth-order valence-electron chi connectivity index (χ4n) is 1.62. The van der Waals surface area contributed by atoms with Gasteiger partial charge < -0.3 is 10.1 Å². The summed E-state index contributed by atoms with van der Waals surface area (Å²) in [6, 6.07) is 0.508. The minimum absolute atomic E-state index is 0.508. The molecule has 0 aromatic heterocycles. The monoisotopic (exact) mass is 215 g/mol. The van der Waals surface area contributed by atoms with Gasteiger partial charge in [0.05, 0.1) is 6.61 Å². The number of rotatable bonds is 9. The molecule has 92 valence electrons. The Morgan fingerprint density at radius 1 is 1.20 bits per heavy atom. The summed E-state index contributed by atoms with van der Waals surface area (Å²) in [6.45, 7) is 10.8. The fraction of sp³-hybridized carbons (Fsp3) is 1.00. The Labute approximate surface area is 95.8 Å². The van der Waals surface area contributed by atoms with Crippen molar-refractivity contribution in [3.05, 3.63) is 0 Å². The first-order valence-electron chi connectivity index (χ1n) is 6.36. The molecule has 0 aromatic rings. The third kappa shape index (κ3) is 7.80. The summed E-state index contributed by atoms with van der Waals surface area (Å²) in [7, 11) is 2.02. The largest absolute Gasteiger partial charge is 0.380 e. The molecule has 2 atom stereocenters. The van der Waals surface area contributed by atoms with Crippen LogP contribution in [0.15, 0.2) is 0 Å². The smallest absolute Gasteiger partial charge is 0.0622 e. The lowest BCUT2D eigenvalue weighted by atomic mass is 10.0. The van der Waals surface area contributed by atoms with E-state index in [4.69, 9.17) is 4.74 Å². The van der Waals surface area contributed by atoms with Crippen LogP contribution in [0.2, 0.25) is 0 Å².